The smallest absolute Gasteiger partial charge is 0.328 e. The van der Waals surface area contributed by atoms with Crippen LogP contribution in [0.3, 0.4) is 0 Å². The number of urea groups is 1. The number of nitrogens with one attached hydrogen (secondary N) is 2. The second-order valence-electron chi connectivity index (χ2n) is 5.77. The van der Waals surface area contributed by atoms with Gasteiger partial charge in [0, 0.05) is 18.3 Å². The fourth-order valence-electron chi connectivity index (χ4n) is 2.27. The number of carbonyl (C=O) groups is 2. The predicted octanol–water partition coefficient (Wildman–Crippen LogP) is 3.10. The van der Waals surface area contributed by atoms with Crippen LogP contribution in [0.2, 0.25) is 0 Å². The van der Waals surface area contributed by atoms with Crippen molar-refractivity contribution in [1.29, 1.82) is 0 Å². The molecule has 0 radical (unpaired) electrons. The number of carboxylic acid groups (broad SMARTS) is 1. The second-order valence-corrected chi connectivity index (χ2v) is 5.77. The third-order valence-corrected chi connectivity index (χ3v) is 3.82. The van der Waals surface area contributed by atoms with E-state index < -0.39 is 5.97 Å². The van der Waals surface area contributed by atoms with E-state index in [9.17, 15) is 9.59 Å². The van der Waals surface area contributed by atoms with E-state index in [4.69, 9.17) is 5.11 Å². The van der Waals surface area contributed by atoms with Crippen LogP contribution >= 0.6 is 0 Å². The van der Waals surface area contributed by atoms with Gasteiger partial charge in [0.05, 0.1) is 0 Å². The van der Waals surface area contributed by atoms with Crippen molar-refractivity contribution in [2.24, 2.45) is 5.41 Å². The summed E-state index contributed by atoms with van der Waals surface area (Å²) in [5.41, 5.74) is 1.70. The Morgan fingerprint density at radius 1 is 1.29 bits per heavy atom. The van der Waals surface area contributed by atoms with Crippen molar-refractivity contribution < 1.29 is 14.7 Å². The van der Waals surface area contributed by atoms with Crippen molar-refractivity contribution in [3.8, 4) is 0 Å². The molecule has 2 amide bonds. The van der Waals surface area contributed by atoms with Gasteiger partial charge in [0.15, 0.2) is 0 Å². The fraction of sp³-hybridized carbons (Fsp3) is 0.375. The third kappa shape index (κ3) is 4.63. The number of rotatable bonds is 5. The summed E-state index contributed by atoms with van der Waals surface area (Å²) in [6.45, 7) is 2.87. The van der Waals surface area contributed by atoms with Crippen molar-refractivity contribution in [1.82, 2.24) is 5.32 Å². The molecule has 0 aliphatic heterocycles. The Morgan fingerprint density at radius 2 is 1.95 bits per heavy atom. The second kappa shape index (κ2) is 6.43. The Morgan fingerprint density at radius 3 is 2.48 bits per heavy atom. The SMILES string of the molecule is CC1(CNC(=O)Nc2ccc(/C=C/C(=O)O)cc2)CCC1. The zero-order valence-corrected chi connectivity index (χ0v) is 12.1. The molecule has 112 valence electrons. The fourth-order valence-corrected chi connectivity index (χ4v) is 2.27. The van der Waals surface area contributed by atoms with Crippen molar-refractivity contribution >= 4 is 23.8 Å². The molecule has 5 heteroatoms. The van der Waals surface area contributed by atoms with Crippen LogP contribution in [0.1, 0.15) is 31.7 Å². The van der Waals surface area contributed by atoms with Crippen molar-refractivity contribution in [2.75, 3.05) is 11.9 Å². The maximum absolute atomic E-state index is 11.8. The van der Waals surface area contributed by atoms with E-state index in [1.807, 2.05) is 0 Å². The summed E-state index contributed by atoms with van der Waals surface area (Å²) >= 11 is 0. The number of amides is 2. The first-order valence-corrected chi connectivity index (χ1v) is 7.03. The van der Waals surface area contributed by atoms with E-state index >= 15 is 0 Å². The first kappa shape index (κ1) is 15.1. The van der Waals surface area contributed by atoms with Gasteiger partial charge in [0.1, 0.15) is 0 Å². The average molecular weight is 288 g/mol. The molecule has 0 spiro atoms. The maximum Gasteiger partial charge on any atom is 0.328 e. The molecule has 3 N–H and O–H groups in total. The van der Waals surface area contributed by atoms with Crippen LogP contribution in [0.25, 0.3) is 6.08 Å². The molecule has 0 heterocycles. The first-order chi connectivity index (χ1) is 9.97. The van der Waals surface area contributed by atoms with E-state index in [1.165, 1.54) is 12.5 Å². The van der Waals surface area contributed by atoms with Gasteiger partial charge in [-0.15, -0.1) is 0 Å². The van der Waals surface area contributed by atoms with E-state index in [-0.39, 0.29) is 11.4 Å². The van der Waals surface area contributed by atoms with Crippen molar-refractivity contribution in [3.05, 3.63) is 35.9 Å². The van der Waals surface area contributed by atoms with Gasteiger partial charge in [-0.2, -0.15) is 0 Å². The number of anilines is 1. The lowest BCUT2D eigenvalue weighted by atomic mass is 9.70. The van der Waals surface area contributed by atoms with Crippen LogP contribution in [-0.4, -0.2) is 23.7 Å². The highest BCUT2D eigenvalue weighted by atomic mass is 16.4. The third-order valence-electron chi connectivity index (χ3n) is 3.82. The predicted molar refractivity (Wildman–Crippen MR) is 82.1 cm³/mol. The van der Waals surface area contributed by atoms with Gasteiger partial charge >= 0.3 is 12.0 Å². The van der Waals surface area contributed by atoms with Crippen molar-refractivity contribution in [2.45, 2.75) is 26.2 Å². The van der Waals surface area contributed by atoms with E-state index in [0.29, 0.717) is 12.2 Å². The Kier molecular flexibility index (Phi) is 4.62. The Balaban J connectivity index is 1.82. The number of carboxylic acids is 1. The molecular weight excluding hydrogens is 268 g/mol. The van der Waals surface area contributed by atoms with Gasteiger partial charge in [-0.1, -0.05) is 25.5 Å². The average Bonchev–Trinajstić information content (AvgIpc) is 2.42. The number of benzene rings is 1. The summed E-state index contributed by atoms with van der Waals surface area (Å²) in [7, 11) is 0. The minimum Gasteiger partial charge on any atom is -0.478 e. The quantitative estimate of drug-likeness (QED) is 0.728. The highest BCUT2D eigenvalue weighted by Crippen LogP contribution is 2.39. The molecule has 0 aromatic heterocycles. The lowest BCUT2D eigenvalue weighted by Gasteiger charge is -2.38. The summed E-state index contributed by atoms with van der Waals surface area (Å²) in [4.78, 5) is 22.2. The molecule has 0 unspecified atom stereocenters. The molecule has 21 heavy (non-hydrogen) atoms. The van der Waals surface area contributed by atoms with Gasteiger partial charge in [-0.3, -0.25) is 0 Å². The largest absolute Gasteiger partial charge is 0.478 e. The van der Waals surface area contributed by atoms with Crippen LogP contribution in [0.4, 0.5) is 10.5 Å². The van der Waals surface area contributed by atoms with Crippen LogP contribution < -0.4 is 10.6 Å². The van der Waals surface area contributed by atoms with E-state index in [2.05, 4.69) is 17.6 Å². The molecule has 0 atom stereocenters. The Bertz CT molecular complexity index is 545. The van der Waals surface area contributed by atoms with Crippen LogP contribution in [0, 0.1) is 5.41 Å². The highest BCUT2D eigenvalue weighted by Gasteiger charge is 2.31. The number of aliphatic carboxylic acids is 1. The molecule has 0 bridgehead atoms. The summed E-state index contributed by atoms with van der Waals surface area (Å²) in [6, 6.07) is 6.78. The number of carbonyl (C=O) groups excluding carboxylic acids is 1. The maximum atomic E-state index is 11.8. The van der Waals surface area contributed by atoms with E-state index in [0.717, 1.165) is 24.5 Å². The van der Waals surface area contributed by atoms with E-state index in [1.54, 1.807) is 24.3 Å². The van der Waals surface area contributed by atoms with Gasteiger partial charge < -0.3 is 15.7 Å². The molecule has 1 aliphatic rings. The zero-order chi connectivity index (χ0) is 15.3. The van der Waals surface area contributed by atoms with Crippen LogP contribution in [-0.2, 0) is 4.79 Å². The van der Waals surface area contributed by atoms with Crippen LogP contribution in [0.5, 0.6) is 0 Å². The van der Waals surface area contributed by atoms with Crippen molar-refractivity contribution in [3.63, 3.8) is 0 Å². The standard InChI is InChI=1S/C16H20N2O3/c1-16(9-2-10-16)11-17-15(21)18-13-6-3-12(4-7-13)5-8-14(19)20/h3-8H,2,9-11H2,1H3,(H,19,20)(H2,17,18,21)/b8-5+. The molecule has 1 aromatic carbocycles. The zero-order valence-electron chi connectivity index (χ0n) is 12.1. The number of hydrogen-bond acceptors (Lipinski definition) is 2. The Labute approximate surface area is 124 Å². The van der Waals surface area contributed by atoms with Crippen LogP contribution in [0.15, 0.2) is 30.3 Å². The topological polar surface area (TPSA) is 78.4 Å². The molecule has 5 nitrogen and oxygen atoms in total. The minimum atomic E-state index is -0.985. The monoisotopic (exact) mass is 288 g/mol. The Hall–Kier alpha value is -2.30. The highest BCUT2D eigenvalue weighted by molar-refractivity contribution is 5.89. The molecule has 1 aromatic rings. The summed E-state index contributed by atoms with van der Waals surface area (Å²) in [5.74, 6) is -0.985. The minimum absolute atomic E-state index is 0.211. The van der Waals surface area contributed by atoms with Gasteiger partial charge in [0.25, 0.3) is 0 Å². The lowest BCUT2D eigenvalue weighted by Crippen LogP contribution is -2.41. The summed E-state index contributed by atoms with van der Waals surface area (Å²) < 4.78 is 0. The molecule has 1 fully saturated rings. The molecule has 0 saturated heterocycles. The molecule has 1 aliphatic carbocycles. The van der Waals surface area contributed by atoms with Gasteiger partial charge in [-0.25, -0.2) is 9.59 Å². The normalized spacial score (nSPS) is 16.2. The van der Waals surface area contributed by atoms with Gasteiger partial charge in [0.2, 0.25) is 0 Å². The number of hydrogen-bond donors (Lipinski definition) is 3. The summed E-state index contributed by atoms with van der Waals surface area (Å²) in [5, 5.41) is 14.2. The molecular formula is C16H20N2O3. The first-order valence-electron chi connectivity index (χ1n) is 7.03. The lowest BCUT2D eigenvalue weighted by molar-refractivity contribution is -0.131. The molecule has 1 saturated carbocycles. The molecule has 2 rings (SSSR count). The summed E-state index contributed by atoms with van der Waals surface area (Å²) in [6.07, 6.45) is 6.15. The van der Waals surface area contributed by atoms with Gasteiger partial charge in [-0.05, 0) is 42.0 Å².